The molecule has 0 radical (unpaired) electrons. The summed E-state index contributed by atoms with van der Waals surface area (Å²) < 4.78 is 0. The molecule has 66 valence electrons. The molecule has 1 saturated carbocycles. The van der Waals surface area contributed by atoms with E-state index in [1.165, 1.54) is 18.2 Å². The smallest absolute Gasteiger partial charge is 0.0918 e. The van der Waals surface area contributed by atoms with Crippen molar-refractivity contribution in [3.05, 3.63) is 30.5 Å². The van der Waals surface area contributed by atoms with Crippen LogP contribution in [-0.2, 0) is 0 Å². The van der Waals surface area contributed by atoms with Crippen LogP contribution < -0.4 is 5.43 Å². The first-order chi connectivity index (χ1) is 6.43. The van der Waals surface area contributed by atoms with Crippen molar-refractivity contribution in [1.29, 1.82) is 0 Å². The number of rotatable bonds is 2. The Hall–Kier alpha value is -1.51. The van der Waals surface area contributed by atoms with Crippen LogP contribution in [0.4, 0.5) is 0 Å². The lowest BCUT2D eigenvalue weighted by molar-refractivity contribution is 0.753. The Bertz CT molecular complexity index is 428. The van der Waals surface area contributed by atoms with Crippen molar-refractivity contribution >= 4 is 10.9 Å². The van der Waals surface area contributed by atoms with Crippen molar-refractivity contribution in [2.24, 2.45) is 0 Å². The Kier molecular flexibility index (Phi) is 1.33. The van der Waals surface area contributed by atoms with Gasteiger partial charge in [0, 0.05) is 11.4 Å². The molecule has 0 saturated heterocycles. The fraction of sp³-hybridized carbons (Fsp3) is 0.300. The van der Waals surface area contributed by atoms with Gasteiger partial charge in [0.05, 0.1) is 11.7 Å². The molecule has 3 rings (SSSR count). The molecule has 13 heavy (non-hydrogen) atoms. The molecule has 0 aliphatic heterocycles. The minimum Gasteiger partial charge on any atom is -0.306 e. The van der Waals surface area contributed by atoms with Crippen LogP contribution in [0.2, 0.25) is 0 Å². The van der Waals surface area contributed by atoms with E-state index in [9.17, 15) is 0 Å². The lowest BCUT2D eigenvalue weighted by Crippen LogP contribution is -2.17. The van der Waals surface area contributed by atoms with Crippen LogP contribution in [0.3, 0.4) is 0 Å². The van der Waals surface area contributed by atoms with Gasteiger partial charge in [-0.15, -0.1) is 0 Å². The molecule has 3 nitrogen and oxygen atoms in total. The summed E-state index contributed by atoms with van der Waals surface area (Å²) in [6, 6.07) is 8.87. The summed E-state index contributed by atoms with van der Waals surface area (Å²) in [7, 11) is 0. The molecule has 1 aromatic carbocycles. The Morgan fingerprint density at radius 1 is 1.31 bits per heavy atom. The van der Waals surface area contributed by atoms with E-state index in [2.05, 4.69) is 22.7 Å². The fourth-order valence-corrected chi connectivity index (χ4v) is 1.46. The molecule has 1 N–H and O–H groups in total. The van der Waals surface area contributed by atoms with Crippen molar-refractivity contribution in [1.82, 2.24) is 9.89 Å². The molecule has 0 spiro atoms. The van der Waals surface area contributed by atoms with Gasteiger partial charge in [0.25, 0.3) is 0 Å². The highest BCUT2D eigenvalue weighted by atomic mass is 15.6. The molecule has 1 heterocycles. The van der Waals surface area contributed by atoms with Crippen LogP contribution in [0, 0.1) is 0 Å². The second kappa shape index (κ2) is 2.49. The SMILES string of the molecule is c1ccc2c(c1)cnn2NC1CC1. The van der Waals surface area contributed by atoms with Gasteiger partial charge >= 0.3 is 0 Å². The molecule has 0 unspecified atom stereocenters. The minimum atomic E-state index is 0.642. The fourth-order valence-electron chi connectivity index (χ4n) is 1.46. The van der Waals surface area contributed by atoms with Crippen LogP contribution in [-0.4, -0.2) is 15.9 Å². The normalized spacial score (nSPS) is 16.3. The third kappa shape index (κ3) is 1.16. The summed E-state index contributed by atoms with van der Waals surface area (Å²) in [6.45, 7) is 0. The van der Waals surface area contributed by atoms with Gasteiger partial charge in [-0.25, -0.2) is 0 Å². The lowest BCUT2D eigenvalue weighted by Gasteiger charge is -2.04. The monoisotopic (exact) mass is 173 g/mol. The van der Waals surface area contributed by atoms with Gasteiger partial charge in [-0.1, -0.05) is 18.2 Å². The Morgan fingerprint density at radius 2 is 2.15 bits per heavy atom. The maximum absolute atomic E-state index is 4.28. The number of hydrogen-bond donors (Lipinski definition) is 1. The topological polar surface area (TPSA) is 29.9 Å². The molecule has 1 aliphatic carbocycles. The predicted octanol–water partition coefficient (Wildman–Crippen LogP) is 1.74. The molecule has 0 bridgehead atoms. The van der Waals surface area contributed by atoms with E-state index in [0.29, 0.717) is 6.04 Å². The third-order valence-corrected chi connectivity index (χ3v) is 2.36. The Balaban J connectivity index is 2.06. The number of benzene rings is 1. The van der Waals surface area contributed by atoms with Crippen LogP contribution in [0.25, 0.3) is 10.9 Å². The molecule has 0 amide bonds. The molecule has 1 aliphatic rings. The van der Waals surface area contributed by atoms with E-state index >= 15 is 0 Å². The van der Waals surface area contributed by atoms with Crippen LogP contribution in [0.5, 0.6) is 0 Å². The van der Waals surface area contributed by atoms with E-state index in [0.717, 1.165) is 5.52 Å². The van der Waals surface area contributed by atoms with Gasteiger partial charge in [-0.05, 0) is 18.9 Å². The predicted molar refractivity (Wildman–Crippen MR) is 52.1 cm³/mol. The summed E-state index contributed by atoms with van der Waals surface area (Å²) in [4.78, 5) is 1.88. The van der Waals surface area contributed by atoms with Gasteiger partial charge in [0.2, 0.25) is 0 Å². The highest BCUT2D eigenvalue weighted by Gasteiger charge is 2.21. The van der Waals surface area contributed by atoms with Crippen LogP contribution in [0.1, 0.15) is 12.8 Å². The quantitative estimate of drug-likeness (QED) is 0.749. The standard InChI is InChI=1S/C10H11N3/c1-2-4-10-8(3-1)7-11-13(10)12-9-5-6-9/h1-4,7,9,12H,5-6H2. The van der Waals surface area contributed by atoms with Crippen molar-refractivity contribution < 1.29 is 0 Å². The maximum Gasteiger partial charge on any atom is 0.0918 e. The van der Waals surface area contributed by atoms with Crippen molar-refractivity contribution in [2.45, 2.75) is 18.9 Å². The highest BCUT2D eigenvalue weighted by Crippen LogP contribution is 2.21. The summed E-state index contributed by atoms with van der Waals surface area (Å²) in [5.41, 5.74) is 4.51. The average Bonchev–Trinajstić information content (AvgIpc) is 2.88. The third-order valence-electron chi connectivity index (χ3n) is 2.36. The number of aromatic nitrogens is 2. The first-order valence-electron chi connectivity index (χ1n) is 4.63. The van der Waals surface area contributed by atoms with E-state index in [1.807, 2.05) is 23.1 Å². The zero-order valence-electron chi connectivity index (χ0n) is 7.27. The van der Waals surface area contributed by atoms with E-state index in [1.54, 1.807) is 0 Å². The van der Waals surface area contributed by atoms with Gasteiger partial charge in [-0.3, -0.25) is 0 Å². The number of para-hydroxylation sites is 1. The molecule has 0 atom stereocenters. The van der Waals surface area contributed by atoms with Gasteiger partial charge in [0.1, 0.15) is 0 Å². The van der Waals surface area contributed by atoms with Crippen molar-refractivity contribution in [2.75, 3.05) is 5.43 Å². The molecule has 1 fully saturated rings. The number of fused-ring (bicyclic) bond motifs is 1. The average molecular weight is 173 g/mol. The summed E-state index contributed by atoms with van der Waals surface area (Å²) >= 11 is 0. The molecule has 3 heteroatoms. The summed E-state index contributed by atoms with van der Waals surface area (Å²) in [5.74, 6) is 0. The minimum absolute atomic E-state index is 0.642. The number of hydrogen-bond acceptors (Lipinski definition) is 2. The van der Waals surface area contributed by atoms with E-state index < -0.39 is 0 Å². The second-order valence-corrected chi connectivity index (χ2v) is 3.52. The highest BCUT2D eigenvalue weighted by molar-refractivity contribution is 5.78. The number of nitrogens with zero attached hydrogens (tertiary/aromatic N) is 2. The van der Waals surface area contributed by atoms with Crippen LogP contribution >= 0.6 is 0 Å². The summed E-state index contributed by atoms with van der Waals surface area (Å²) in [6.07, 6.45) is 4.44. The lowest BCUT2D eigenvalue weighted by atomic mass is 10.3. The van der Waals surface area contributed by atoms with E-state index in [4.69, 9.17) is 0 Å². The zero-order valence-corrected chi connectivity index (χ0v) is 7.27. The Morgan fingerprint density at radius 3 is 3.00 bits per heavy atom. The largest absolute Gasteiger partial charge is 0.306 e. The van der Waals surface area contributed by atoms with Gasteiger partial charge in [-0.2, -0.15) is 9.89 Å². The summed E-state index contributed by atoms with van der Waals surface area (Å²) in [5, 5.41) is 5.47. The first-order valence-corrected chi connectivity index (χ1v) is 4.63. The van der Waals surface area contributed by atoms with Gasteiger partial charge < -0.3 is 5.43 Å². The molecule has 2 aromatic rings. The zero-order chi connectivity index (χ0) is 8.67. The van der Waals surface area contributed by atoms with E-state index in [-0.39, 0.29) is 0 Å². The van der Waals surface area contributed by atoms with Crippen molar-refractivity contribution in [3.63, 3.8) is 0 Å². The molecular formula is C10H11N3. The van der Waals surface area contributed by atoms with Crippen LogP contribution in [0.15, 0.2) is 30.5 Å². The molecule has 1 aromatic heterocycles. The van der Waals surface area contributed by atoms with Gasteiger partial charge in [0.15, 0.2) is 0 Å². The second-order valence-electron chi connectivity index (χ2n) is 3.52. The molecular weight excluding hydrogens is 162 g/mol. The first kappa shape index (κ1) is 6.95. The Labute approximate surface area is 76.3 Å². The number of nitrogens with one attached hydrogen (secondary N) is 1. The maximum atomic E-state index is 4.28. The van der Waals surface area contributed by atoms with Crippen molar-refractivity contribution in [3.8, 4) is 0 Å².